The summed E-state index contributed by atoms with van der Waals surface area (Å²) >= 11 is 0. The summed E-state index contributed by atoms with van der Waals surface area (Å²) in [6, 6.07) is 19.5. The van der Waals surface area contributed by atoms with E-state index in [1.165, 1.54) is 0 Å². The molecule has 3 heterocycles. The molecule has 0 aliphatic carbocycles. The first-order valence-electron chi connectivity index (χ1n) is 10.2. The number of amides is 1. The lowest BCUT2D eigenvalue weighted by atomic mass is 10.1. The monoisotopic (exact) mass is 423 g/mol. The molecule has 8 nitrogen and oxygen atoms in total. The number of carbonyl (C=O) groups is 1. The molecule has 5 rings (SSSR count). The summed E-state index contributed by atoms with van der Waals surface area (Å²) in [5.74, 6) is -0.370. The number of hydrazone groups is 1. The Morgan fingerprint density at radius 1 is 1.09 bits per heavy atom. The number of para-hydroxylation sites is 2. The third kappa shape index (κ3) is 3.47. The van der Waals surface area contributed by atoms with E-state index in [-0.39, 0.29) is 5.91 Å². The molecule has 0 bridgehead atoms. The zero-order valence-corrected chi connectivity index (χ0v) is 17.6. The highest BCUT2D eigenvalue weighted by molar-refractivity contribution is 6.00. The van der Waals surface area contributed by atoms with Gasteiger partial charge < -0.3 is 4.98 Å². The van der Waals surface area contributed by atoms with Crippen molar-refractivity contribution < 1.29 is 4.79 Å². The Morgan fingerprint density at radius 3 is 2.72 bits per heavy atom. The number of aromatic nitrogens is 5. The van der Waals surface area contributed by atoms with Crippen molar-refractivity contribution >= 4 is 23.0 Å². The fourth-order valence-electron chi connectivity index (χ4n) is 3.82. The number of H-pyrrole nitrogens is 2. The largest absolute Gasteiger partial charge is 0.361 e. The number of nitrogens with zero attached hydrogens (tertiary/aromatic N) is 4. The molecule has 0 aliphatic heterocycles. The van der Waals surface area contributed by atoms with Crippen LogP contribution in [-0.4, -0.2) is 37.1 Å². The van der Waals surface area contributed by atoms with Crippen LogP contribution < -0.4 is 5.43 Å². The van der Waals surface area contributed by atoms with Crippen molar-refractivity contribution in [2.75, 3.05) is 0 Å². The fourth-order valence-corrected chi connectivity index (χ4v) is 3.82. The van der Waals surface area contributed by atoms with Crippen LogP contribution in [0.3, 0.4) is 0 Å². The van der Waals surface area contributed by atoms with Crippen LogP contribution in [0.5, 0.6) is 0 Å². The van der Waals surface area contributed by atoms with Crippen molar-refractivity contribution in [3.05, 3.63) is 89.5 Å². The average Bonchev–Trinajstić information content (AvgIpc) is 3.52. The van der Waals surface area contributed by atoms with Gasteiger partial charge in [-0.1, -0.05) is 36.4 Å². The Labute approximate surface area is 184 Å². The van der Waals surface area contributed by atoms with Gasteiger partial charge in [0.05, 0.1) is 29.0 Å². The maximum Gasteiger partial charge on any atom is 0.289 e. The van der Waals surface area contributed by atoms with Crippen LogP contribution in [0.1, 0.15) is 27.4 Å². The third-order valence-electron chi connectivity index (χ3n) is 5.36. The highest BCUT2D eigenvalue weighted by Crippen LogP contribution is 2.27. The zero-order chi connectivity index (χ0) is 22.1. The van der Waals surface area contributed by atoms with Crippen molar-refractivity contribution in [1.29, 1.82) is 0 Å². The van der Waals surface area contributed by atoms with E-state index < -0.39 is 0 Å². The lowest BCUT2D eigenvalue weighted by Crippen LogP contribution is -2.17. The van der Waals surface area contributed by atoms with Crippen LogP contribution in [0.2, 0.25) is 0 Å². The van der Waals surface area contributed by atoms with E-state index in [0.29, 0.717) is 11.4 Å². The summed E-state index contributed by atoms with van der Waals surface area (Å²) in [6.07, 6.45) is 3.47. The molecule has 0 atom stereocenters. The molecule has 3 aromatic heterocycles. The van der Waals surface area contributed by atoms with E-state index in [0.717, 1.165) is 39.1 Å². The minimum atomic E-state index is -0.370. The zero-order valence-electron chi connectivity index (χ0n) is 17.6. The van der Waals surface area contributed by atoms with E-state index >= 15 is 0 Å². The summed E-state index contributed by atoms with van der Waals surface area (Å²) in [7, 11) is 0. The summed E-state index contributed by atoms with van der Waals surface area (Å²) < 4.78 is 1.88. The van der Waals surface area contributed by atoms with Gasteiger partial charge in [-0.25, -0.2) is 10.1 Å². The molecule has 0 fully saturated rings. The van der Waals surface area contributed by atoms with Crippen molar-refractivity contribution in [2.24, 2.45) is 5.10 Å². The number of carbonyl (C=O) groups excluding carboxylic acids is 1. The normalized spacial score (nSPS) is 11.4. The smallest absolute Gasteiger partial charge is 0.289 e. The fraction of sp³-hybridized carbons (Fsp3) is 0.0833. The highest BCUT2D eigenvalue weighted by atomic mass is 16.2. The molecule has 0 radical (unpaired) electrons. The first-order chi connectivity index (χ1) is 15.6. The third-order valence-corrected chi connectivity index (χ3v) is 5.36. The Balaban J connectivity index is 1.35. The Hall–Kier alpha value is -4.46. The van der Waals surface area contributed by atoms with E-state index in [1.807, 2.05) is 79.3 Å². The molecule has 8 heteroatoms. The Kier molecular flexibility index (Phi) is 4.87. The standard InChI is InChI=1S/C24H21N7O/c1-15-23(16(2)31(30-15)18-8-4-3-5-9-18)21-12-22(28-27-21)24(32)29-26-14-17-13-25-20-11-7-6-10-19(17)20/h3-14,25H,1-2H3,(H,27,28)(H,29,32). The van der Waals surface area contributed by atoms with Gasteiger partial charge in [-0.05, 0) is 38.1 Å². The van der Waals surface area contributed by atoms with Crippen LogP contribution in [0, 0.1) is 13.8 Å². The van der Waals surface area contributed by atoms with Gasteiger partial charge in [-0.2, -0.15) is 15.3 Å². The Bertz CT molecular complexity index is 1440. The highest BCUT2D eigenvalue weighted by Gasteiger charge is 2.18. The lowest BCUT2D eigenvalue weighted by Gasteiger charge is -2.04. The SMILES string of the molecule is Cc1nn(-c2ccccc2)c(C)c1-c1cc(C(=O)NN=Cc2c[nH]c3ccccc23)[nH]n1. The van der Waals surface area contributed by atoms with Gasteiger partial charge in [0.15, 0.2) is 0 Å². The second-order valence-electron chi connectivity index (χ2n) is 7.45. The average molecular weight is 423 g/mol. The number of benzene rings is 2. The number of hydrogen-bond acceptors (Lipinski definition) is 4. The summed E-state index contributed by atoms with van der Waals surface area (Å²) in [5.41, 5.74) is 9.09. The second kappa shape index (κ2) is 7.99. The lowest BCUT2D eigenvalue weighted by molar-refractivity contribution is 0.0950. The predicted molar refractivity (Wildman–Crippen MR) is 124 cm³/mol. The van der Waals surface area contributed by atoms with Gasteiger partial charge in [0.2, 0.25) is 0 Å². The molecule has 0 aliphatic rings. The van der Waals surface area contributed by atoms with Gasteiger partial charge in [0.25, 0.3) is 5.91 Å². The van der Waals surface area contributed by atoms with Gasteiger partial charge in [-0.3, -0.25) is 9.89 Å². The second-order valence-corrected chi connectivity index (χ2v) is 7.45. The Morgan fingerprint density at radius 2 is 1.88 bits per heavy atom. The molecule has 0 spiro atoms. The molecule has 32 heavy (non-hydrogen) atoms. The quantitative estimate of drug-likeness (QED) is 0.292. The first-order valence-corrected chi connectivity index (χ1v) is 10.2. The predicted octanol–water partition coefficient (Wildman–Crippen LogP) is 4.12. The summed E-state index contributed by atoms with van der Waals surface area (Å²) in [6.45, 7) is 3.92. The molecule has 1 amide bonds. The van der Waals surface area contributed by atoms with Crippen molar-refractivity contribution in [3.63, 3.8) is 0 Å². The maximum absolute atomic E-state index is 12.6. The van der Waals surface area contributed by atoms with Crippen molar-refractivity contribution in [3.8, 4) is 16.9 Å². The maximum atomic E-state index is 12.6. The number of fused-ring (bicyclic) bond motifs is 1. The van der Waals surface area contributed by atoms with Gasteiger partial charge >= 0.3 is 0 Å². The molecule has 0 saturated heterocycles. The van der Waals surface area contributed by atoms with Crippen LogP contribution in [0.25, 0.3) is 27.8 Å². The van der Waals surface area contributed by atoms with E-state index in [9.17, 15) is 4.79 Å². The number of hydrogen-bond donors (Lipinski definition) is 3. The van der Waals surface area contributed by atoms with Gasteiger partial charge in [0.1, 0.15) is 5.69 Å². The molecular weight excluding hydrogens is 402 g/mol. The molecule has 3 N–H and O–H groups in total. The molecule has 5 aromatic rings. The first kappa shape index (κ1) is 19.5. The minimum absolute atomic E-state index is 0.322. The molecular formula is C24H21N7O. The summed E-state index contributed by atoms with van der Waals surface area (Å²) in [4.78, 5) is 15.7. The van der Waals surface area contributed by atoms with Crippen molar-refractivity contribution in [1.82, 2.24) is 30.4 Å². The van der Waals surface area contributed by atoms with Gasteiger partial charge in [-0.15, -0.1) is 0 Å². The number of aromatic amines is 2. The summed E-state index contributed by atoms with van der Waals surface area (Å²) in [5, 5.41) is 16.9. The molecule has 158 valence electrons. The number of aryl methyl sites for hydroxylation is 1. The van der Waals surface area contributed by atoms with Crippen LogP contribution >= 0.6 is 0 Å². The molecule has 0 saturated carbocycles. The van der Waals surface area contributed by atoms with Crippen molar-refractivity contribution in [2.45, 2.75) is 13.8 Å². The van der Waals surface area contributed by atoms with Gasteiger partial charge in [0, 0.05) is 28.2 Å². The van der Waals surface area contributed by atoms with Crippen LogP contribution in [0.15, 0.2) is 72.0 Å². The van der Waals surface area contributed by atoms with E-state index in [2.05, 4.69) is 30.8 Å². The van der Waals surface area contributed by atoms with Crippen LogP contribution in [0.4, 0.5) is 0 Å². The van der Waals surface area contributed by atoms with E-state index in [1.54, 1.807) is 12.3 Å². The van der Waals surface area contributed by atoms with E-state index in [4.69, 9.17) is 0 Å². The molecule has 2 aromatic carbocycles. The minimum Gasteiger partial charge on any atom is -0.361 e. The molecule has 0 unspecified atom stereocenters. The van der Waals surface area contributed by atoms with Crippen LogP contribution in [-0.2, 0) is 0 Å². The number of nitrogens with one attached hydrogen (secondary N) is 3. The number of rotatable bonds is 5. The topological polar surface area (TPSA) is 104 Å².